The maximum atomic E-state index is 12.5. The Morgan fingerprint density at radius 2 is 1.78 bits per heavy atom. The number of carbonyl (C=O) groups is 1. The van der Waals surface area contributed by atoms with Crippen molar-refractivity contribution in [1.29, 1.82) is 0 Å². The fourth-order valence-corrected chi connectivity index (χ4v) is 3.29. The highest BCUT2D eigenvalue weighted by atomic mass is 35.5. The van der Waals surface area contributed by atoms with E-state index >= 15 is 0 Å². The third-order valence-corrected chi connectivity index (χ3v) is 4.58. The summed E-state index contributed by atoms with van der Waals surface area (Å²) in [6, 6.07) is 10.6. The van der Waals surface area contributed by atoms with Gasteiger partial charge in [0.05, 0.1) is 5.92 Å². The molecule has 4 nitrogen and oxygen atoms in total. The summed E-state index contributed by atoms with van der Waals surface area (Å²) in [6.07, 6.45) is 2.18. The molecule has 0 aromatic heterocycles. The van der Waals surface area contributed by atoms with Gasteiger partial charge in [-0.05, 0) is 24.9 Å². The molecule has 2 saturated heterocycles. The number of hydrogen-bond donors (Lipinski definition) is 1. The Morgan fingerprint density at radius 3 is 2.39 bits per heavy atom. The van der Waals surface area contributed by atoms with Crippen molar-refractivity contribution < 1.29 is 4.79 Å². The lowest BCUT2D eigenvalue weighted by Crippen LogP contribution is -2.51. The number of piperazine rings is 1. The largest absolute Gasteiger partial charge is 0.340 e. The minimum absolute atomic E-state index is 0. The molecular formula is C17H27Cl2N3O. The Labute approximate surface area is 151 Å². The topological polar surface area (TPSA) is 35.6 Å². The van der Waals surface area contributed by atoms with Crippen molar-refractivity contribution in [3.63, 3.8) is 0 Å². The summed E-state index contributed by atoms with van der Waals surface area (Å²) in [5.74, 6) is 0.570. The Balaban J connectivity index is 0.00000132. The minimum atomic E-state index is 0. The second kappa shape index (κ2) is 10.1. The highest BCUT2D eigenvalue weighted by molar-refractivity contribution is 5.85. The van der Waals surface area contributed by atoms with E-state index in [4.69, 9.17) is 0 Å². The quantitative estimate of drug-likeness (QED) is 0.898. The van der Waals surface area contributed by atoms with Crippen molar-refractivity contribution in [2.75, 3.05) is 39.3 Å². The van der Waals surface area contributed by atoms with Crippen molar-refractivity contribution in [1.82, 2.24) is 15.1 Å². The number of hydrogen-bond acceptors (Lipinski definition) is 3. The van der Waals surface area contributed by atoms with Crippen LogP contribution in [0.4, 0.5) is 0 Å². The van der Waals surface area contributed by atoms with Gasteiger partial charge in [-0.25, -0.2) is 0 Å². The van der Waals surface area contributed by atoms with Crippen molar-refractivity contribution in [2.24, 2.45) is 5.92 Å². The maximum Gasteiger partial charge on any atom is 0.227 e. The Hall–Kier alpha value is -0.810. The lowest BCUT2D eigenvalue weighted by Gasteiger charge is -2.37. The number of halogens is 2. The van der Waals surface area contributed by atoms with Crippen LogP contribution in [0.25, 0.3) is 0 Å². The Bertz CT molecular complexity index is 458. The highest BCUT2D eigenvalue weighted by Crippen LogP contribution is 2.16. The second-order valence-electron chi connectivity index (χ2n) is 6.13. The van der Waals surface area contributed by atoms with E-state index in [-0.39, 0.29) is 30.7 Å². The van der Waals surface area contributed by atoms with Crippen LogP contribution in [0, 0.1) is 5.92 Å². The van der Waals surface area contributed by atoms with Crippen LogP contribution in [0.3, 0.4) is 0 Å². The molecule has 1 aromatic rings. The summed E-state index contributed by atoms with van der Waals surface area (Å²) < 4.78 is 0. The lowest BCUT2D eigenvalue weighted by atomic mass is 9.98. The molecule has 1 unspecified atom stereocenters. The van der Waals surface area contributed by atoms with Gasteiger partial charge in [-0.2, -0.15) is 0 Å². The first kappa shape index (κ1) is 20.2. The number of amides is 1. The van der Waals surface area contributed by atoms with Crippen LogP contribution < -0.4 is 5.32 Å². The first-order valence-electron chi connectivity index (χ1n) is 8.09. The molecule has 23 heavy (non-hydrogen) atoms. The zero-order chi connectivity index (χ0) is 14.5. The maximum absolute atomic E-state index is 12.5. The van der Waals surface area contributed by atoms with E-state index in [9.17, 15) is 4.79 Å². The first-order valence-corrected chi connectivity index (χ1v) is 8.09. The summed E-state index contributed by atoms with van der Waals surface area (Å²) >= 11 is 0. The molecular weight excluding hydrogens is 333 g/mol. The third kappa shape index (κ3) is 5.64. The molecule has 0 bridgehead atoms. The molecule has 2 aliphatic rings. The fraction of sp³-hybridized carbons (Fsp3) is 0.588. The average Bonchev–Trinajstić information content (AvgIpc) is 2.57. The van der Waals surface area contributed by atoms with Crippen LogP contribution in [0.1, 0.15) is 18.4 Å². The number of nitrogens with zero attached hydrogens (tertiary/aromatic N) is 2. The van der Waals surface area contributed by atoms with Crippen LogP contribution >= 0.6 is 24.8 Å². The van der Waals surface area contributed by atoms with Crippen molar-refractivity contribution >= 4 is 30.7 Å². The second-order valence-corrected chi connectivity index (χ2v) is 6.13. The third-order valence-electron chi connectivity index (χ3n) is 4.58. The summed E-state index contributed by atoms with van der Waals surface area (Å²) in [5, 5.41) is 3.34. The molecule has 0 saturated carbocycles. The monoisotopic (exact) mass is 359 g/mol. The van der Waals surface area contributed by atoms with E-state index < -0.39 is 0 Å². The van der Waals surface area contributed by atoms with Gasteiger partial charge in [-0.15, -0.1) is 24.8 Å². The van der Waals surface area contributed by atoms with Crippen LogP contribution in [0.2, 0.25) is 0 Å². The van der Waals surface area contributed by atoms with Crippen LogP contribution in [0.5, 0.6) is 0 Å². The SMILES string of the molecule is Cl.Cl.O=C(C1CCCNC1)N1CCN(Cc2ccccc2)CC1. The predicted octanol–water partition coefficient (Wildman–Crippen LogP) is 2.17. The molecule has 0 spiro atoms. The van der Waals surface area contributed by atoms with E-state index in [1.54, 1.807) is 0 Å². The molecule has 1 amide bonds. The van der Waals surface area contributed by atoms with Gasteiger partial charge in [0, 0.05) is 39.3 Å². The predicted molar refractivity (Wildman–Crippen MR) is 98.4 cm³/mol. The standard InChI is InChI=1S/C17H25N3O.2ClH/c21-17(16-7-4-8-18-13-16)20-11-9-19(10-12-20)14-15-5-2-1-3-6-15;;/h1-3,5-6,16,18H,4,7-14H2;2*1H. The van der Waals surface area contributed by atoms with Gasteiger partial charge >= 0.3 is 0 Å². The van der Waals surface area contributed by atoms with Crippen molar-refractivity contribution in [3.05, 3.63) is 35.9 Å². The first-order chi connectivity index (χ1) is 10.3. The smallest absolute Gasteiger partial charge is 0.227 e. The van der Waals surface area contributed by atoms with Gasteiger partial charge in [0.2, 0.25) is 5.91 Å². The van der Waals surface area contributed by atoms with Crippen LogP contribution in [-0.4, -0.2) is 55.0 Å². The lowest BCUT2D eigenvalue weighted by molar-refractivity contribution is -0.137. The molecule has 2 heterocycles. The fourth-order valence-electron chi connectivity index (χ4n) is 3.29. The van der Waals surface area contributed by atoms with Gasteiger partial charge in [0.25, 0.3) is 0 Å². The van der Waals surface area contributed by atoms with Crippen molar-refractivity contribution in [3.8, 4) is 0 Å². The van der Waals surface area contributed by atoms with Gasteiger partial charge in [-0.3, -0.25) is 9.69 Å². The number of benzene rings is 1. The van der Waals surface area contributed by atoms with E-state index in [0.717, 1.165) is 58.7 Å². The van der Waals surface area contributed by atoms with E-state index in [1.165, 1.54) is 5.56 Å². The molecule has 130 valence electrons. The van der Waals surface area contributed by atoms with Gasteiger partial charge in [0.15, 0.2) is 0 Å². The summed E-state index contributed by atoms with van der Waals surface area (Å²) in [4.78, 5) is 17.0. The number of piperidine rings is 1. The Morgan fingerprint density at radius 1 is 1.09 bits per heavy atom. The summed E-state index contributed by atoms with van der Waals surface area (Å²) in [7, 11) is 0. The number of carbonyl (C=O) groups excluding carboxylic acids is 1. The Kier molecular flexibility index (Phi) is 8.92. The molecule has 2 aliphatic heterocycles. The molecule has 1 aromatic carbocycles. The summed E-state index contributed by atoms with van der Waals surface area (Å²) in [5.41, 5.74) is 1.36. The molecule has 1 N–H and O–H groups in total. The van der Waals surface area contributed by atoms with E-state index in [1.807, 2.05) is 0 Å². The zero-order valence-corrected chi connectivity index (χ0v) is 15.1. The molecule has 0 radical (unpaired) electrons. The van der Waals surface area contributed by atoms with Gasteiger partial charge < -0.3 is 10.2 Å². The number of rotatable bonds is 3. The van der Waals surface area contributed by atoms with E-state index in [0.29, 0.717) is 5.91 Å². The van der Waals surface area contributed by atoms with E-state index in [2.05, 4.69) is 45.4 Å². The molecule has 1 atom stereocenters. The highest BCUT2D eigenvalue weighted by Gasteiger charge is 2.28. The minimum Gasteiger partial charge on any atom is -0.340 e. The summed E-state index contributed by atoms with van der Waals surface area (Å²) in [6.45, 7) is 6.65. The van der Waals surface area contributed by atoms with Crippen molar-refractivity contribution in [2.45, 2.75) is 19.4 Å². The van der Waals surface area contributed by atoms with Crippen LogP contribution in [0.15, 0.2) is 30.3 Å². The zero-order valence-electron chi connectivity index (χ0n) is 13.4. The number of nitrogens with one attached hydrogen (secondary N) is 1. The normalized spacial score (nSPS) is 21.9. The van der Waals surface area contributed by atoms with Crippen LogP contribution in [-0.2, 0) is 11.3 Å². The molecule has 2 fully saturated rings. The van der Waals surface area contributed by atoms with Gasteiger partial charge in [-0.1, -0.05) is 30.3 Å². The average molecular weight is 360 g/mol. The molecule has 3 rings (SSSR count). The van der Waals surface area contributed by atoms with Gasteiger partial charge in [0.1, 0.15) is 0 Å². The molecule has 6 heteroatoms. The molecule has 0 aliphatic carbocycles.